The topological polar surface area (TPSA) is 0 Å². The number of hydrogen-bond donors (Lipinski definition) is 0. The molecule has 10 aromatic carbocycles. The van der Waals surface area contributed by atoms with E-state index in [1.165, 1.54) is 217 Å². The molecule has 12 rings (SSSR count). The third kappa shape index (κ3) is 10.1. The number of aryl methyl sites for hydroxylation is 3. The first-order valence-electron chi connectivity index (χ1n) is 32.2. The summed E-state index contributed by atoms with van der Waals surface area (Å²) in [4.78, 5) is 0. The Hall–Kier alpha value is -7.02. The molecular weight excluding hydrogens is 997 g/mol. The number of fused-ring (bicyclic) bond motifs is 9. The van der Waals surface area contributed by atoms with Gasteiger partial charge < -0.3 is 0 Å². The predicted octanol–water partition coefficient (Wildman–Crippen LogP) is 24.1. The largest absolute Gasteiger partial charge is 0.0713 e. The second kappa shape index (κ2) is 22.5. The monoisotopic (exact) mass is 1090 g/mol. The molecule has 0 saturated heterocycles. The van der Waals surface area contributed by atoms with Crippen molar-refractivity contribution in [1.29, 1.82) is 0 Å². The highest BCUT2D eigenvalue weighted by Gasteiger charge is 2.50. The average molecular weight is 1090 g/mol. The zero-order valence-electron chi connectivity index (χ0n) is 52.1. The quantitative estimate of drug-likeness (QED) is 0.0593. The van der Waals surface area contributed by atoms with Crippen LogP contribution in [0.4, 0.5) is 0 Å². The Morgan fingerprint density at radius 1 is 0.337 bits per heavy atom. The van der Waals surface area contributed by atoms with Gasteiger partial charge in [-0.3, -0.25) is 0 Å². The van der Waals surface area contributed by atoms with Crippen LogP contribution in [0.15, 0.2) is 176 Å². The minimum Gasteiger partial charge on any atom is -0.0654 e. The standard InChI is InChI=1S/C83H90/c1-12-14-16-18-20-24-46-82(47-25-21-19-17-15-13-2)75-52-61(60-33-45-70-71(51-60)57(5)67-42-28-55(3)48-74(67)79(70)62-31-30-58-26-22-23-27-59(58)50-62)32-44-68(75)72-54-78-73(53-76(72)82)69-43-29-56(4)49-77(69)83(78,65-38-34-63(35-39-65)80(6,7)8)66-40-36-64(37-41-66)81(9,10)11/h22-23,26-45,48-54H,12-21,24-25,46-47H2,1-11H3. The van der Waals surface area contributed by atoms with Crippen molar-refractivity contribution >= 4 is 32.3 Å². The predicted molar refractivity (Wildman–Crippen MR) is 361 cm³/mol. The summed E-state index contributed by atoms with van der Waals surface area (Å²) in [7, 11) is 0. The number of rotatable bonds is 18. The van der Waals surface area contributed by atoms with Gasteiger partial charge in [-0.2, -0.15) is 0 Å². The highest BCUT2D eigenvalue weighted by Crippen LogP contribution is 2.62. The summed E-state index contributed by atoms with van der Waals surface area (Å²) in [5.74, 6) is 0. The third-order valence-electron chi connectivity index (χ3n) is 20.0. The summed E-state index contributed by atoms with van der Waals surface area (Å²) < 4.78 is 0. The fraction of sp³-hybridized carbons (Fsp3) is 0.349. The molecule has 0 nitrogen and oxygen atoms in total. The molecule has 0 saturated carbocycles. The lowest BCUT2D eigenvalue weighted by molar-refractivity contribution is 0.398. The van der Waals surface area contributed by atoms with E-state index in [2.05, 4.69) is 252 Å². The van der Waals surface area contributed by atoms with Crippen molar-refractivity contribution in [3.8, 4) is 44.5 Å². The molecule has 0 aliphatic heterocycles. The van der Waals surface area contributed by atoms with E-state index in [4.69, 9.17) is 0 Å². The van der Waals surface area contributed by atoms with Gasteiger partial charge in [0, 0.05) is 5.41 Å². The minimum atomic E-state index is -0.514. The minimum absolute atomic E-state index is 0.0426. The van der Waals surface area contributed by atoms with Gasteiger partial charge >= 0.3 is 0 Å². The molecule has 0 N–H and O–H groups in total. The molecule has 10 aromatic rings. The Bertz CT molecular complexity index is 3960. The summed E-state index contributed by atoms with van der Waals surface area (Å²) >= 11 is 0. The van der Waals surface area contributed by atoms with Crippen molar-refractivity contribution in [2.75, 3.05) is 0 Å². The van der Waals surface area contributed by atoms with Crippen LogP contribution in [0.2, 0.25) is 0 Å². The van der Waals surface area contributed by atoms with Crippen molar-refractivity contribution in [3.63, 3.8) is 0 Å². The molecule has 0 aromatic heterocycles. The molecule has 0 amide bonds. The Balaban J connectivity index is 1.08. The second-order valence-electron chi connectivity index (χ2n) is 27.6. The van der Waals surface area contributed by atoms with Crippen molar-refractivity contribution in [2.45, 2.75) is 188 Å². The maximum atomic E-state index is 2.77. The second-order valence-corrected chi connectivity index (χ2v) is 27.6. The van der Waals surface area contributed by atoms with E-state index in [1.807, 2.05) is 0 Å². The average Bonchev–Trinajstić information content (AvgIpc) is 1.74. The lowest BCUT2D eigenvalue weighted by Gasteiger charge is -2.36. The smallest absolute Gasteiger partial charge is 0.0654 e. The molecule has 0 fully saturated rings. The molecule has 0 unspecified atom stereocenters. The van der Waals surface area contributed by atoms with Gasteiger partial charge in [-0.25, -0.2) is 0 Å². The highest BCUT2D eigenvalue weighted by atomic mass is 14.5. The van der Waals surface area contributed by atoms with Gasteiger partial charge in [-0.05, 0) is 202 Å². The molecule has 0 heteroatoms. The van der Waals surface area contributed by atoms with Crippen LogP contribution in [0.25, 0.3) is 76.8 Å². The zero-order chi connectivity index (χ0) is 57.8. The van der Waals surface area contributed by atoms with E-state index in [1.54, 1.807) is 11.1 Å². The Kier molecular flexibility index (Phi) is 15.3. The van der Waals surface area contributed by atoms with Crippen LogP contribution in [-0.2, 0) is 21.7 Å². The summed E-state index contributed by atoms with van der Waals surface area (Å²) in [6, 6.07) is 70.6. The van der Waals surface area contributed by atoms with Gasteiger partial charge in [-0.15, -0.1) is 0 Å². The highest BCUT2D eigenvalue weighted by molar-refractivity contribution is 6.16. The van der Waals surface area contributed by atoms with Crippen molar-refractivity contribution in [3.05, 3.63) is 237 Å². The zero-order valence-corrected chi connectivity index (χ0v) is 52.1. The lowest BCUT2D eigenvalue weighted by Crippen LogP contribution is -2.29. The Labute approximate surface area is 498 Å². The summed E-state index contributed by atoms with van der Waals surface area (Å²) in [5, 5.41) is 7.88. The van der Waals surface area contributed by atoms with E-state index < -0.39 is 5.41 Å². The van der Waals surface area contributed by atoms with Gasteiger partial charge in [0.15, 0.2) is 0 Å². The number of unbranched alkanes of at least 4 members (excludes halogenated alkanes) is 10. The van der Waals surface area contributed by atoms with Crippen molar-refractivity contribution < 1.29 is 0 Å². The van der Waals surface area contributed by atoms with Crippen molar-refractivity contribution in [1.82, 2.24) is 0 Å². The fourth-order valence-corrected chi connectivity index (χ4v) is 15.3. The van der Waals surface area contributed by atoms with Gasteiger partial charge in [0.1, 0.15) is 0 Å². The third-order valence-corrected chi connectivity index (χ3v) is 20.0. The molecule has 0 atom stereocenters. The Morgan fingerprint density at radius 2 is 0.819 bits per heavy atom. The fourth-order valence-electron chi connectivity index (χ4n) is 15.3. The molecule has 0 spiro atoms. The molecule has 422 valence electrons. The van der Waals surface area contributed by atoms with Crippen LogP contribution in [0.5, 0.6) is 0 Å². The molecule has 0 radical (unpaired) electrons. The van der Waals surface area contributed by atoms with Crippen LogP contribution < -0.4 is 0 Å². The molecule has 0 bridgehead atoms. The van der Waals surface area contributed by atoms with E-state index in [0.29, 0.717) is 0 Å². The normalized spacial score (nSPS) is 14.1. The van der Waals surface area contributed by atoms with Crippen LogP contribution in [0.1, 0.15) is 206 Å². The molecular formula is C83H90. The van der Waals surface area contributed by atoms with E-state index in [0.717, 1.165) is 0 Å². The summed E-state index contributed by atoms with van der Waals surface area (Å²) in [6.07, 6.45) is 17.9. The summed E-state index contributed by atoms with van der Waals surface area (Å²) in [6.45, 7) is 25.6. The van der Waals surface area contributed by atoms with Crippen LogP contribution in [-0.4, -0.2) is 0 Å². The van der Waals surface area contributed by atoms with Crippen molar-refractivity contribution in [2.24, 2.45) is 0 Å². The van der Waals surface area contributed by atoms with Crippen LogP contribution in [0, 0.1) is 20.8 Å². The Morgan fingerprint density at radius 3 is 1.46 bits per heavy atom. The van der Waals surface area contributed by atoms with Gasteiger partial charge in [0.25, 0.3) is 0 Å². The summed E-state index contributed by atoms with van der Waals surface area (Å²) in [5.41, 5.74) is 25.7. The van der Waals surface area contributed by atoms with E-state index in [9.17, 15) is 0 Å². The molecule has 2 aliphatic rings. The van der Waals surface area contributed by atoms with Crippen LogP contribution >= 0.6 is 0 Å². The maximum absolute atomic E-state index is 2.77. The van der Waals surface area contributed by atoms with Gasteiger partial charge in [0.2, 0.25) is 0 Å². The van der Waals surface area contributed by atoms with Gasteiger partial charge in [-0.1, -0.05) is 289 Å². The first kappa shape index (κ1) is 56.5. The maximum Gasteiger partial charge on any atom is 0.0713 e. The lowest BCUT2D eigenvalue weighted by atomic mass is 9.66. The number of benzene rings is 10. The molecule has 2 aliphatic carbocycles. The number of hydrogen-bond acceptors (Lipinski definition) is 0. The van der Waals surface area contributed by atoms with Crippen LogP contribution in [0.3, 0.4) is 0 Å². The first-order valence-corrected chi connectivity index (χ1v) is 32.2. The molecule has 83 heavy (non-hydrogen) atoms. The first-order chi connectivity index (χ1) is 40.0. The molecule has 0 heterocycles. The van der Waals surface area contributed by atoms with E-state index in [-0.39, 0.29) is 16.2 Å². The van der Waals surface area contributed by atoms with E-state index >= 15 is 0 Å². The SMILES string of the molecule is CCCCCCCCC1(CCCCCCCC)c2cc(-c3ccc4c(-c5ccc6ccccc6c5)c5cc(C)ccc5c(C)c4c3)ccc2-c2cc3c(cc21)-c1ccc(C)cc1C3(c1ccc(C(C)(C)C)cc1)c1ccc(C(C)(C)C)cc1. The van der Waals surface area contributed by atoms with Gasteiger partial charge in [0.05, 0.1) is 5.41 Å².